The highest BCUT2D eigenvalue weighted by molar-refractivity contribution is 6.08. The van der Waals surface area contributed by atoms with Gasteiger partial charge in [0, 0.05) is 34.4 Å². The third kappa shape index (κ3) is 5.87. The second kappa shape index (κ2) is 13.6. The normalized spacial score (nSPS) is 14.9. The van der Waals surface area contributed by atoms with Crippen molar-refractivity contribution in [2.75, 3.05) is 0 Å². The van der Waals surface area contributed by atoms with Crippen LogP contribution in [0.3, 0.4) is 0 Å². The first-order valence-electron chi connectivity index (χ1n) is 20.5. The first-order valence-corrected chi connectivity index (χ1v) is 20.5. The van der Waals surface area contributed by atoms with Gasteiger partial charge in [-0.05, 0) is 109 Å². The molecule has 59 heavy (non-hydrogen) atoms. The van der Waals surface area contributed by atoms with Crippen LogP contribution in [0.5, 0.6) is 0 Å². The molecule has 1 unspecified atom stereocenters. The van der Waals surface area contributed by atoms with Gasteiger partial charge in [0.25, 0.3) is 0 Å². The molecular formula is C55H37N3O. The molecule has 2 aromatic heterocycles. The lowest BCUT2D eigenvalue weighted by Crippen LogP contribution is -2.12. The summed E-state index contributed by atoms with van der Waals surface area (Å²) in [5.41, 5.74) is 11.7. The summed E-state index contributed by atoms with van der Waals surface area (Å²) in [5.74, 6) is 3.21. The van der Waals surface area contributed by atoms with Crippen LogP contribution < -0.4 is 0 Å². The molecule has 2 aliphatic carbocycles. The van der Waals surface area contributed by atoms with Crippen LogP contribution in [0.2, 0.25) is 0 Å². The fraction of sp³-hybridized carbons (Fsp3) is 0.0727. The third-order valence-corrected chi connectivity index (χ3v) is 12.3. The number of rotatable bonds is 5. The molecule has 0 spiro atoms. The van der Waals surface area contributed by atoms with E-state index in [4.69, 9.17) is 19.4 Å². The van der Waals surface area contributed by atoms with Gasteiger partial charge < -0.3 is 4.42 Å². The first kappa shape index (κ1) is 33.7. The minimum atomic E-state index is -0.0127. The van der Waals surface area contributed by atoms with Gasteiger partial charge in [0.05, 0.1) is 0 Å². The predicted octanol–water partition coefficient (Wildman–Crippen LogP) is 13.7. The van der Waals surface area contributed by atoms with E-state index >= 15 is 0 Å². The molecule has 0 fully saturated rings. The average Bonchev–Trinajstić information content (AvgIpc) is 3.69. The van der Waals surface area contributed by atoms with Gasteiger partial charge in [0.2, 0.25) is 0 Å². The quantitative estimate of drug-likeness (QED) is 0.176. The summed E-state index contributed by atoms with van der Waals surface area (Å²) in [6.07, 6.45) is 7.13. The number of para-hydroxylation sites is 1. The third-order valence-electron chi connectivity index (χ3n) is 12.3. The number of aromatic nitrogens is 3. The zero-order valence-corrected chi connectivity index (χ0v) is 32.3. The molecule has 0 bridgehead atoms. The van der Waals surface area contributed by atoms with E-state index in [2.05, 4.69) is 182 Å². The molecule has 2 heterocycles. The summed E-state index contributed by atoms with van der Waals surface area (Å²) < 4.78 is 6.53. The molecule has 10 aromatic rings. The summed E-state index contributed by atoms with van der Waals surface area (Å²) in [6, 6.07) is 60.8. The second-order valence-corrected chi connectivity index (χ2v) is 15.9. The van der Waals surface area contributed by atoms with Gasteiger partial charge in [-0.2, -0.15) is 0 Å². The Morgan fingerprint density at radius 1 is 0.475 bits per heavy atom. The van der Waals surface area contributed by atoms with Crippen molar-refractivity contribution in [2.45, 2.75) is 25.2 Å². The van der Waals surface area contributed by atoms with Crippen molar-refractivity contribution in [1.82, 2.24) is 15.0 Å². The summed E-state index contributed by atoms with van der Waals surface area (Å²) in [7, 11) is 0. The van der Waals surface area contributed by atoms with Gasteiger partial charge in [-0.1, -0.05) is 152 Å². The Morgan fingerprint density at radius 2 is 1.03 bits per heavy atom. The van der Waals surface area contributed by atoms with Crippen LogP contribution >= 0.6 is 0 Å². The molecule has 4 nitrogen and oxygen atoms in total. The lowest BCUT2D eigenvalue weighted by atomic mass is 9.79. The molecule has 0 saturated heterocycles. The van der Waals surface area contributed by atoms with Gasteiger partial charge in [-0.15, -0.1) is 0 Å². The van der Waals surface area contributed by atoms with Crippen molar-refractivity contribution in [3.05, 3.63) is 215 Å². The maximum atomic E-state index is 6.53. The number of allylic oxidation sites excluding steroid dienone is 2. The van der Waals surface area contributed by atoms with Crippen LogP contribution in [0.25, 0.3) is 83.3 Å². The Kier molecular flexibility index (Phi) is 7.77. The van der Waals surface area contributed by atoms with E-state index in [9.17, 15) is 0 Å². The van der Waals surface area contributed by atoms with Crippen LogP contribution in [0.4, 0.5) is 0 Å². The number of nitrogens with zero attached hydrogens (tertiary/aromatic N) is 3. The van der Waals surface area contributed by atoms with E-state index in [1.165, 1.54) is 65.9 Å². The van der Waals surface area contributed by atoms with Crippen molar-refractivity contribution in [1.29, 1.82) is 0 Å². The van der Waals surface area contributed by atoms with Crippen molar-refractivity contribution in [3.63, 3.8) is 0 Å². The van der Waals surface area contributed by atoms with Crippen LogP contribution in [0.15, 0.2) is 180 Å². The highest BCUT2D eigenvalue weighted by Crippen LogP contribution is 2.46. The Balaban J connectivity index is 0.964. The van der Waals surface area contributed by atoms with Crippen molar-refractivity contribution < 1.29 is 4.42 Å². The Morgan fingerprint density at radius 3 is 1.69 bits per heavy atom. The van der Waals surface area contributed by atoms with Crippen LogP contribution in [0, 0.1) is 0 Å². The number of benzene rings is 8. The van der Waals surface area contributed by atoms with E-state index in [1.54, 1.807) is 0 Å². The largest absolute Gasteiger partial charge is 0.460 e. The molecule has 2 aliphatic rings. The van der Waals surface area contributed by atoms with Crippen LogP contribution in [-0.2, 0) is 12.8 Å². The van der Waals surface area contributed by atoms with E-state index in [-0.39, 0.29) is 5.92 Å². The first-order chi connectivity index (χ1) is 29.2. The van der Waals surface area contributed by atoms with Crippen molar-refractivity contribution in [3.8, 4) is 22.8 Å². The van der Waals surface area contributed by atoms with Crippen molar-refractivity contribution in [2.24, 2.45) is 0 Å². The Hall–Kier alpha value is -7.43. The monoisotopic (exact) mass is 755 g/mol. The van der Waals surface area contributed by atoms with Crippen LogP contribution in [-0.4, -0.2) is 15.0 Å². The molecule has 278 valence electrons. The maximum absolute atomic E-state index is 6.53. The molecule has 12 rings (SSSR count). The average molecular weight is 756 g/mol. The highest BCUT2D eigenvalue weighted by atomic mass is 16.3. The lowest BCUT2D eigenvalue weighted by molar-refractivity contribution is 0.547. The number of aryl methyl sites for hydroxylation is 1. The van der Waals surface area contributed by atoms with Gasteiger partial charge in [0.1, 0.15) is 17.2 Å². The number of fused-ring (bicyclic) bond motifs is 7. The highest BCUT2D eigenvalue weighted by Gasteiger charge is 2.29. The summed E-state index contributed by atoms with van der Waals surface area (Å²) in [4.78, 5) is 15.5. The standard InChI is InChI=1S/C55H37N3O/c1-4-12-37-29-42(22-17-34(37)9-1)47-27-28-50-52(48-15-7-8-16-49(48)59-50)51(47)43-23-20-41-33-46(26-21-40(41)30-43)55-57-53(44-24-18-35-10-2-5-13-38(35)31-44)56-54(58-55)45-25-19-36-11-3-6-14-39(36)32-45/h1-26,29-32,46H,27-28,33H2. The maximum Gasteiger partial charge on any atom is 0.163 e. The molecule has 0 radical (unpaired) electrons. The van der Waals surface area contributed by atoms with Gasteiger partial charge in [-0.25, -0.2) is 15.0 Å². The summed E-state index contributed by atoms with van der Waals surface area (Å²) >= 11 is 0. The zero-order valence-electron chi connectivity index (χ0n) is 32.3. The van der Waals surface area contributed by atoms with E-state index in [0.717, 1.165) is 58.3 Å². The number of furan rings is 1. The molecule has 0 aliphatic heterocycles. The Bertz CT molecular complexity index is 3290. The van der Waals surface area contributed by atoms with Crippen molar-refractivity contribution >= 4 is 60.5 Å². The van der Waals surface area contributed by atoms with Crippen LogP contribution in [0.1, 0.15) is 51.7 Å². The molecule has 0 amide bonds. The minimum Gasteiger partial charge on any atom is -0.460 e. The SMILES string of the molecule is C1=CC(c2nc(-c3ccc4ccccc4c3)nc(-c3ccc4ccccc4c3)n2)Cc2ccc(C3=C(c4ccc5ccccc5c4)CCc4oc5ccccc5c43)cc21. The number of hydrogen-bond acceptors (Lipinski definition) is 4. The summed E-state index contributed by atoms with van der Waals surface area (Å²) in [6.45, 7) is 0. The molecule has 8 aromatic carbocycles. The van der Waals surface area contributed by atoms with Gasteiger partial charge >= 0.3 is 0 Å². The predicted molar refractivity (Wildman–Crippen MR) is 242 cm³/mol. The lowest BCUT2D eigenvalue weighted by Gasteiger charge is -2.24. The molecule has 0 saturated carbocycles. The minimum absolute atomic E-state index is 0.0127. The molecule has 1 atom stereocenters. The fourth-order valence-corrected chi connectivity index (χ4v) is 9.31. The number of hydrogen-bond donors (Lipinski definition) is 0. The van der Waals surface area contributed by atoms with E-state index in [1.807, 2.05) is 0 Å². The van der Waals surface area contributed by atoms with Gasteiger partial charge in [-0.3, -0.25) is 0 Å². The molecule has 4 heteroatoms. The fourth-order valence-electron chi connectivity index (χ4n) is 9.31. The second-order valence-electron chi connectivity index (χ2n) is 15.9. The Labute approximate surface area is 341 Å². The van der Waals surface area contributed by atoms with E-state index in [0.29, 0.717) is 11.6 Å². The smallest absolute Gasteiger partial charge is 0.163 e. The topological polar surface area (TPSA) is 51.8 Å². The zero-order chi connectivity index (χ0) is 38.9. The van der Waals surface area contributed by atoms with E-state index < -0.39 is 0 Å². The summed E-state index contributed by atoms with van der Waals surface area (Å²) in [5, 5.41) is 8.38. The van der Waals surface area contributed by atoms with Gasteiger partial charge in [0.15, 0.2) is 11.6 Å². The molecular weight excluding hydrogens is 719 g/mol. The molecule has 0 N–H and O–H groups in total.